The summed E-state index contributed by atoms with van der Waals surface area (Å²) in [6.45, 7) is 4.45. The van der Waals surface area contributed by atoms with Gasteiger partial charge in [0.05, 0.1) is 5.69 Å². The Hall–Kier alpha value is -1.66. The fraction of sp³-hybridized carbons (Fsp3) is 0.333. The standard InChI is InChI=1S/C15H17BrN4O/c1-10-9-17-6-7-20(10)15(21)14-8-13(18-19-14)11-2-4-12(16)5-3-11/h2-5,8,10,17H,6-7,9H2,1H3,(H,18,19)/t10-/m0/s1. The molecule has 3 rings (SSSR count). The van der Waals surface area contributed by atoms with E-state index in [1.807, 2.05) is 35.2 Å². The molecule has 0 aliphatic carbocycles. The van der Waals surface area contributed by atoms with Crippen molar-refractivity contribution in [2.45, 2.75) is 13.0 Å². The highest BCUT2D eigenvalue weighted by Crippen LogP contribution is 2.21. The van der Waals surface area contributed by atoms with E-state index in [-0.39, 0.29) is 11.9 Å². The Morgan fingerprint density at radius 2 is 2.14 bits per heavy atom. The van der Waals surface area contributed by atoms with Crippen molar-refractivity contribution in [2.24, 2.45) is 0 Å². The summed E-state index contributed by atoms with van der Waals surface area (Å²) in [5, 5.41) is 10.4. The van der Waals surface area contributed by atoms with Gasteiger partial charge in [0.25, 0.3) is 5.91 Å². The van der Waals surface area contributed by atoms with Gasteiger partial charge in [0, 0.05) is 35.7 Å². The summed E-state index contributed by atoms with van der Waals surface area (Å²) in [5.74, 6) is 0.0138. The largest absolute Gasteiger partial charge is 0.332 e. The maximum absolute atomic E-state index is 12.5. The Morgan fingerprint density at radius 1 is 1.38 bits per heavy atom. The number of hydrogen-bond acceptors (Lipinski definition) is 3. The highest BCUT2D eigenvalue weighted by atomic mass is 79.9. The van der Waals surface area contributed by atoms with Crippen LogP contribution in [0.4, 0.5) is 0 Å². The lowest BCUT2D eigenvalue weighted by atomic mass is 10.1. The van der Waals surface area contributed by atoms with Gasteiger partial charge in [-0.25, -0.2) is 0 Å². The fourth-order valence-electron chi connectivity index (χ4n) is 2.50. The van der Waals surface area contributed by atoms with E-state index in [0.717, 1.165) is 35.4 Å². The third-order valence-electron chi connectivity index (χ3n) is 3.71. The second kappa shape index (κ2) is 5.99. The maximum Gasteiger partial charge on any atom is 0.272 e. The van der Waals surface area contributed by atoms with Crippen LogP contribution in [0.5, 0.6) is 0 Å². The molecule has 110 valence electrons. The van der Waals surface area contributed by atoms with Gasteiger partial charge in [-0.3, -0.25) is 9.89 Å². The molecule has 1 aliphatic heterocycles. The van der Waals surface area contributed by atoms with Crippen molar-refractivity contribution in [1.29, 1.82) is 0 Å². The van der Waals surface area contributed by atoms with E-state index in [4.69, 9.17) is 0 Å². The summed E-state index contributed by atoms with van der Waals surface area (Å²) in [6, 6.07) is 9.89. The van der Waals surface area contributed by atoms with E-state index in [0.29, 0.717) is 5.69 Å². The SMILES string of the molecule is C[C@H]1CNCCN1C(=O)c1cc(-c2ccc(Br)cc2)n[nH]1. The summed E-state index contributed by atoms with van der Waals surface area (Å²) in [6.07, 6.45) is 0. The Labute approximate surface area is 131 Å². The van der Waals surface area contributed by atoms with E-state index in [1.54, 1.807) is 0 Å². The molecule has 1 fully saturated rings. The molecule has 21 heavy (non-hydrogen) atoms. The van der Waals surface area contributed by atoms with Gasteiger partial charge in [-0.2, -0.15) is 5.10 Å². The zero-order chi connectivity index (χ0) is 14.8. The van der Waals surface area contributed by atoms with Gasteiger partial charge in [-0.05, 0) is 25.1 Å². The van der Waals surface area contributed by atoms with Crippen LogP contribution in [0.15, 0.2) is 34.8 Å². The summed E-state index contributed by atoms with van der Waals surface area (Å²) in [5.41, 5.74) is 2.32. The van der Waals surface area contributed by atoms with Crippen LogP contribution in [0.2, 0.25) is 0 Å². The number of rotatable bonds is 2. The van der Waals surface area contributed by atoms with Crippen molar-refractivity contribution in [3.63, 3.8) is 0 Å². The van der Waals surface area contributed by atoms with Crippen LogP contribution >= 0.6 is 15.9 Å². The van der Waals surface area contributed by atoms with Crippen LogP contribution in [0.25, 0.3) is 11.3 Å². The summed E-state index contributed by atoms with van der Waals surface area (Å²) in [4.78, 5) is 14.4. The zero-order valence-corrected chi connectivity index (χ0v) is 13.4. The van der Waals surface area contributed by atoms with Crippen LogP contribution in [0.1, 0.15) is 17.4 Å². The lowest BCUT2D eigenvalue weighted by molar-refractivity contribution is 0.0649. The first-order valence-corrected chi connectivity index (χ1v) is 7.77. The smallest absolute Gasteiger partial charge is 0.272 e. The Morgan fingerprint density at radius 3 is 2.86 bits per heavy atom. The van der Waals surface area contributed by atoms with Crippen molar-refractivity contribution in [2.75, 3.05) is 19.6 Å². The molecule has 0 bridgehead atoms. The predicted octanol–water partition coefficient (Wildman–Crippen LogP) is 2.27. The first kappa shape index (κ1) is 14.3. The van der Waals surface area contributed by atoms with Gasteiger partial charge in [0.1, 0.15) is 5.69 Å². The summed E-state index contributed by atoms with van der Waals surface area (Å²) < 4.78 is 1.02. The van der Waals surface area contributed by atoms with Gasteiger partial charge in [0.2, 0.25) is 0 Å². The number of piperazine rings is 1. The molecule has 2 heterocycles. The highest BCUT2D eigenvalue weighted by molar-refractivity contribution is 9.10. The normalized spacial score (nSPS) is 18.8. The van der Waals surface area contributed by atoms with E-state index in [1.165, 1.54) is 0 Å². The number of H-pyrrole nitrogens is 1. The predicted molar refractivity (Wildman–Crippen MR) is 85.1 cm³/mol. The van der Waals surface area contributed by atoms with Gasteiger partial charge < -0.3 is 10.2 Å². The van der Waals surface area contributed by atoms with Gasteiger partial charge in [0.15, 0.2) is 0 Å². The number of hydrogen-bond donors (Lipinski definition) is 2. The van der Waals surface area contributed by atoms with Gasteiger partial charge >= 0.3 is 0 Å². The molecule has 6 heteroatoms. The number of halogens is 1. The minimum atomic E-state index is 0.0138. The van der Waals surface area contributed by atoms with Gasteiger partial charge in [-0.15, -0.1) is 0 Å². The number of carbonyl (C=O) groups is 1. The molecule has 1 aliphatic rings. The Kier molecular flexibility index (Phi) is 4.07. The van der Waals surface area contributed by atoms with Crippen LogP contribution < -0.4 is 5.32 Å². The number of carbonyl (C=O) groups excluding carboxylic acids is 1. The lowest BCUT2D eigenvalue weighted by Gasteiger charge is -2.33. The lowest BCUT2D eigenvalue weighted by Crippen LogP contribution is -2.52. The monoisotopic (exact) mass is 348 g/mol. The minimum Gasteiger partial charge on any atom is -0.332 e. The third-order valence-corrected chi connectivity index (χ3v) is 4.24. The molecule has 0 saturated carbocycles. The van der Waals surface area contributed by atoms with E-state index < -0.39 is 0 Å². The van der Waals surface area contributed by atoms with E-state index >= 15 is 0 Å². The molecular weight excluding hydrogens is 332 g/mol. The summed E-state index contributed by atoms with van der Waals surface area (Å²) >= 11 is 3.41. The molecule has 1 atom stereocenters. The van der Waals surface area contributed by atoms with Crippen LogP contribution in [0, 0.1) is 0 Å². The topological polar surface area (TPSA) is 61.0 Å². The fourth-order valence-corrected chi connectivity index (χ4v) is 2.76. The molecule has 1 amide bonds. The number of nitrogens with zero attached hydrogens (tertiary/aromatic N) is 2. The number of aromatic nitrogens is 2. The Bertz CT molecular complexity index is 637. The molecule has 2 N–H and O–H groups in total. The number of nitrogens with one attached hydrogen (secondary N) is 2. The maximum atomic E-state index is 12.5. The average molecular weight is 349 g/mol. The van der Waals surface area contributed by atoms with Crippen molar-refractivity contribution < 1.29 is 4.79 Å². The molecule has 0 spiro atoms. The van der Waals surface area contributed by atoms with Crippen LogP contribution in [-0.2, 0) is 0 Å². The van der Waals surface area contributed by atoms with Crippen molar-refractivity contribution in [3.05, 3.63) is 40.5 Å². The van der Waals surface area contributed by atoms with Crippen LogP contribution in [-0.4, -0.2) is 46.7 Å². The van der Waals surface area contributed by atoms with Crippen molar-refractivity contribution in [1.82, 2.24) is 20.4 Å². The molecule has 1 aromatic carbocycles. The first-order valence-electron chi connectivity index (χ1n) is 6.98. The molecule has 0 radical (unpaired) electrons. The third kappa shape index (κ3) is 3.01. The quantitative estimate of drug-likeness (QED) is 0.875. The summed E-state index contributed by atoms with van der Waals surface area (Å²) in [7, 11) is 0. The number of amides is 1. The number of benzene rings is 1. The molecule has 2 aromatic rings. The first-order chi connectivity index (χ1) is 10.1. The van der Waals surface area contributed by atoms with E-state index in [9.17, 15) is 4.79 Å². The van der Waals surface area contributed by atoms with Gasteiger partial charge in [-0.1, -0.05) is 28.1 Å². The molecule has 5 nitrogen and oxygen atoms in total. The van der Waals surface area contributed by atoms with E-state index in [2.05, 4.69) is 38.4 Å². The highest BCUT2D eigenvalue weighted by Gasteiger charge is 2.25. The Balaban J connectivity index is 1.81. The second-order valence-corrected chi connectivity index (χ2v) is 6.14. The second-order valence-electron chi connectivity index (χ2n) is 5.23. The molecule has 0 unspecified atom stereocenters. The van der Waals surface area contributed by atoms with Crippen LogP contribution in [0.3, 0.4) is 0 Å². The van der Waals surface area contributed by atoms with Crippen molar-refractivity contribution in [3.8, 4) is 11.3 Å². The number of aromatic amines is 1. The molecule has 1 aromatic heterocycles. The minimum absolute atomic E-state index is 0.0138. The average Bonchev–Trinajstić information content (AvgIpc) is 2.98. The molecular formula is C15H17BrN4O. The van der Waals surface area contributed by atoms with Crippen molar-refractivity contribution >= 4 is 21.8 Å². The molecule has 1 saturated heterocycles. The zero-order valence-electron chi connectivity index (χ0n) is 11.8.